The van der Waals surface area contributed by atoms with Gasteiger partial charge in [0.15, 0.2) is 0 Å². The lowest BCUT2D eigenvalue weighted by molar-refractivity contribution is 0.166. The minimum absolute atomic E-state index is 0. The first kappa shape index (κ1) is 17.8. The average Bonchev–Trinajstić information content (AvgIpc) is 2.28. The van der Waals surface area contributed by atoms with Crippen LogP contribution in [0.3, 0.4) is 0 Å². The highest BCUT2D eigenvalue weighted by Gasteiger charge is 1.87. The highest BCUT2D eigenvalue weighted by Crippen LogP contribution is 2.13. The van der Waals surface area contributed by atoms with Crippen molar-refractivity contribution in [3.05, 3.63) is 29.8 Å². The summed E-state index contributed by atoms with van der Waals surface area (Å²) in [5.41, 5.74) is 1.22. The standard InChI is InChI=1S/C7H8OS.C4H10O2.H2O/c1-6-2-4-7(9-8)5-3-6;1-6-4-2-3-5;/h2-5,8H,1H3;5H,2-4H2,1H3;1H2. The van der Waals surface area contributed by atoms with E-state index in [1.807, 2.05) is 31.2 Å². The summed E-state index contributed by atoms with van der Waals surface area (Å²) < 4.78 is 13.2. The van der Waals surface area contributed by atoms with E-state index in [-0.39, 0.29) is 12.1 Å². The Balaban J connectivity index is 0. The third-order valence-electron chi connectivity index (χ3n) is 1.63. The Morgan fingerprint density at radius 2 is 1.81 bits per heavy atom. The summed E-state index contributed by atoms with van der Waals surface area (Å²) in [7, 11) is 1.62. The molecule has 1 rings (SSSR count). The van der Waals surface area contributed by atoms with Gasteiger partial charge in [-0.15, -0.1) is 0 Å². The van der Waals surface area contributed by atoms with Gasteiger partial charge < -0.3 is 19.9 Å². The first-order valence-electron chi connectivity index (χ1n) is 4.72. The third-order valence-corrected chi connectivity index (χ3v) is 2.12. The zero-order chi connectivity index (χ0) is 11.5. The molecule has 0 fully saturated rings. The van der Waals surface area contributed by atoms with Gasteiger partial charge >= 0.3 is 0 Å². The fourth-order valence-corrected chi connectivity index (χ4v) is 1.07. The molecule has 0 saturated carbocycles. The number of methoxy groups -OCH3 is 1. The van der Waals surface area contributed by atoms with Gasteiger partial charge in [-0.05, 0) is 25.5 Å². The van der Waals surface area contributed by atoms with Gasteiger partial charge in [0.25, 0.3) is 0 Å². The van der Waals surface area contributed by atoms with Crippen molar-refractivity contribution in [1.82, 2.24) is 0 Å². The maximum atomic E-state index is 8.55. The maximum Gasteiger partial charge on any atom is 0.0484 e. The van der Waals surface area contributed by atoms with Gasteiger partial charge in [0.2, 0.25) is 0 Å². The molecule has 1 aromatic rings. The van der Waals surface area contributed by atoms with E-state index in [4.69, 9.17) is 9.66 Å². The largest absolute Gasteiger partial charge is 0.412 e. The van der Waals surface area contributed by atoms with E-state index in [9.17, 15) is 0 Å². The lowest BCUT2D eigenvalue weighted by atomic mass is 10.2. The Morgan fingerprint density at radius 3 is 2.12 bits per heavy atom. The molecule has 0 heterocycles. The SMILES string of the molecule is COCCCO.Cc1ccc(SO)cc1.O. The zero-order valence-electron chi connectivity index (χ0n) is 9.64. The van der Waals surface area contributed by atoms with Gasteiger partial charge in [-0.25, -0.2) is 0 Å². The molecule has 0 unspecified atom stereocenters. The summed E-state index contributed by atoms with van der Waals surface area (Å²) >= 11 is 0.777. The molecule has 0 amide bonds. The average molecular weight is 248 g/mol. The number of rotatable bonds is 4. The van der Waals surface area contributed by atoms with E-state index in [0.717, 1.165) is 23.4 Å². The predicted octanol–water partition coefficient (Wildman–Crippen LogP) is 1.75. The van der Waals surface area contributed by atoms with Gasteiger partial charge in [-0.2, -0.15) is 0 Å². The molecule has 4 nitrogen and oxygen atoms in total. The van der Waals surface area contributed by atoms with Crippen LogP contribution in [0.25, 0.3) is 0 Å². The molecule has 0 bridgehead atoms. The zero-order valence-corrected chi connectivity index (χ0v) is 10.5. The lowest BCUT2D eigenvalue weighted by Gasteiger charge is -1.92. The van der Waals surface area contributed by atoms with Crippen molar-refractivity contribution in [2.24, 2.45) is 0 Å². The van der Waals surface area contributed by atoms with Crippen LogP contribution in [-0.4, -0.2) is 35.5 Å². The van der Waals surface area contributed by atoms with Crippen molar-refractivity contribution in [2.45, 2.75) is 18.2 Å². The minimum atomic E-state index is 0. The van der Waals surface area contributed by atoms with Crippen LogP contribution in [0.15, 0.2) is 29.2 Å². The molecule has 0 aliphatic rings. The van der Waals surface area contributed by atoms with Crippen LogP contribution in [0.5, 0.6) is 0 Å². The van der Waals surface area contributed by atoms with Gasteiger partial charge in [0.1, 0.15) is 0 Å². The molecule has 0 aliphatic heterocycles. The Hall–Kier alpha value is -0.590. The van der Waals surface area contributed by atoms with Crippen LogP contribution < -0.4 is 0 Å². The predicted molar refractivity (Wildman–Crippen MR) is 66.9 cm³/mol. The minimum Gasteiger partial charge on any atom is -0.412 e. The van der Waals surface area contributed by atoms with E-state index in [0.29, 0.717) is 6.61 Å². The topological polar surface area (TPSA) is 81.2 Å². The van der Waals surface area contributed by atoms with Crippen LogP contribution in [0.4, 0.5) is 0 Å². The summed E-state index contributed by atoms with van der Waals surface area (Å²) in [5.74, 6) is 0. The molecule has 16 heavy (non-hydrogen) atoms. The highest BCUT2D eigenvalue weighted by molar-refractivity contribution is 7.93. The monoisotopic (exact) mass is 248 g/mol. The molecule has 94 valence electrons. The second-order valence-electron chi connectivity index (χ2n) is 2.97. The second-order valence-corrected chi connectivity index (χ2v) is 3.63. The van der Waals surface area contributed by atoms with Crippen LogP contribution in [-0.2, 0) is 4.74 Å². The molecule has 4 N–H and O–H groups in total. The third kappa shape index (κ3) is 9.95. The molecule has 0 radical (unpaired) electrons. The van der Waals surface area contributed by atoms with E-state index >= 15 is 0 Å². The fourth-order valence-electron chi connectivity index (χ4n) is 0.808. The quantitative estimate of drug-likeness (QED) is 0.628. The second kappa shape index (κ2) is 12.5. The Morgan fingerprint density at radius 1 is 1.25 bits per heavy atom. The van der Waals surface area contributed by atoms with Crippen LogP contribution in [0.1, 0.15) is 12.0 Å². The van der Waals surface area contributed by atoms with Gasteiger partial charge in [0, 0.05) is 37.3 Å². The van der Waals surface area contributed by atoms with Crippen molar-refractivity contribution < 1.29 is 19.9 Å². The highest BCUT2D eigenvalue weighted by atomic mass is 32.2. The van der Waals surface area contributed by atoms with E-state index < -0.39 is 0 Å². The van der Waals surface area contributed by atoms with E-state index in [1.165, 1.54) is 5.56 Å². The summed E-state index contributed by atoms with van der Waals surface area (Å²) in [4.78, 5) is 0.889. The van der Waals surface area contributed by atoms with Crippen molar-refractivity contribution in [2.75, 3.05) is 20.3 Å². The number of ether oxygens (including phenoxy) is 1. The number of hydrogen-bond acceptors (Lipinski definition) is 4. The number of hydrogen-bond donors (Lipinski definition) is 2. The van der Waals surface area contributed by atoms with Crippen LogP contribution >= 0.6 is 12.0 Å². The lowest BCUT2D eigenvalue weighted by Crippen LogP contribution is -1.90. The normalized spacial score (nSPS) is 8.75. The number of benzene rings is 1. The summed E-state index contributed by atoms with van der Waals surface area (Å²) in [5, 5.41) is 8.12. The molecule has 0 aliphatic carbocycles. The van der Waals surface area contributed by atoms with E-state index in [2.05, 4.69) is 4.74 Å². The first-order chi connectivity index (χ1) is 7.24. The van der Waals surface area contributed by atoms with Gasteiger partial charge in [-0.1, -0.05) is 17.7 Å². The van der Waals surface area contributed by atoms with E-state index in [1.54, 1.807) is 7.11 Å². The van der Waals surface area contributed by atoms with Crippen molar-refractivity contribution >= 4 is 12.0 Å². The number of aliphatic hydroxyl groups is 1. The molecule has 0 spiro atoms. The Bertz CT molecular complexity index is 234. The van der Waals surface area contributed by atoms with Crippen molar-refractivity contribution in [3.63, 3.8) is 0 Å². The molecule has 5 heteroatoms. The van der Waals surface area contributed by atoms with Crippen molar-refractivity contribution in [3.8, 4) is 0 Å². The van der Waals surface area contributed by atoms with Crippen LogP contribution in [0.2, 0.25) is 0 Å². The molecule has 1 aromatic carbocycles. The van der Waals surface area contributed by atoms with Crippen LogP contribution in [0, 0.1) is 6.92 Å². The number of aryl methyl sites for hydroxylation is 1. The van der Waals surface area contributed by atoms with Gasteiger partial charge in [0.05, 0.1) is 0 Å². The maximum absolute atomic E-state index is 8.55. The number of aliphatic hydroxyl groups excluding tert-OH is 1. The molecule has 0 aromatic heterocycles. The smallest absolute Gasteiger partial charge is 0.0484 e. The summed E-state index contributed by atoms with van der Waals surface area (Å²) in [6.45, 7) is 2.91. The summed E-state index contributed by atoms with van der Waals surface area (Å²) in [6, 6.07) is 7.72. The molecular weight excluding hydrogens is 228 g/mol. The summed E-state index contributed by atoms with van der Waals surface area (Å²) in [6.07, 6.45) is 0.747. The van der Waals surface area contributed by atoms with Gasteiger partial charge in [-0.3, -0.25) is 0 Å². The Labute approximate surface area is 101 Å². The molecular formula is C11H20O4S. The first-order valence-corrected chi connectivity index (χ1v) is 5.49. The molecule has 0 saturated heterocycles. The Kier molecular flexibility index (Phi) is 13.9. The van der Waals surface area contributed by atoms with Crippen molar-refractivity contribution in [1.29, 1.82) is 0 Å². The fraction of sp³-hybridized carbons (Fsp3) is 0.455. The molecule has 0 atom stereocenters.